The maximum absolute atomic E-state index is 11.9. The molecule has 5 heteroatoms. The van der Waals surface area contributed by atoms with Crippen LogP contribution in [-0.4, -0.2) is 44.8 Å². The topological polar surface area (TPSA) is 64.8 Å². The molecule has 1 aromatic rings. The first-order valence-electron chi connectivity index (χ1n) is 6.78. The van der Waals surface area contributed by atoms with E-state index in [-0.39, 0.29) is 18.6 Å². The maximum atomic E-state index is 11.9. The van der Waals surface area contributed by atoms with E-state index in [4.69, 9.17) is 15.2 Å². The van der Waals surface area contributed by atoms with Crippen molar-refractivity contribution in [2.75, 3.05) is 34.0 Å². The molecule has 0 aromatic heterocycles. The van der Waals surface area contributed by atoms with Crippen molar-refractivity contribution < 1.29 is 14.3 Å². The van der Waals surface area contributed by atoms with Crippen LogP contribution in [0.3, 0.4) is 0 Å². The molecular formula is C15H22N2O3. The number of nitrogens with zero attached hydrogens (tertiary/aromatic N) is 1. The zero-order valence-corrected chi connectivity index (χ0v) is 12.1. The van der Waals surface area contributed by atoms with Crippen molar-refractivity contribution in [1.82, 2.24) is 4.90 Å². The van der Waals surface area contributed by atoms with Gasteiger partial charge in [-0.15, -0.1) is 0 Å². The zero-order chi connectivity index (χ0) is 14.5. The highest BCUT2D eigenvalue weighted by atomic mass is 16.5. The van der Waals surface area contributed by atoms with Crippen LogP contribution in [0.15, 0.2) is 18.2 Å². The van der Waals surface area contributed by atoms with E-state index in [9.17, 15) is 4.79 Å². The first kappa shape index (κ1) is 15.0. The molecule has 1 heterocycles. The maximum Gasteiger partial charge on any atom is 0.248 e. The van der Waals surface area contributed by atoms with Gasteiger partial charge in [0.25, 0.3) is 0 Å². The average molecular weight is 278 g/mol. The minimum atomic E-state index is -0.129. The Kier molecular flexibility index (Phi) is 5.11. The van der Waals surface area contributed by atoms with Gasteiger partial charge in [0.1, 0.15) is 6.61 Å². The van der Waals surface area contributed by atoms with E-state index < -0.39 is 0 Å². The quantitative estimate of drug-likeness (QED) is 0.868. The highest BCUT2D eigenvalue weighted by molar-refractivity contribution is 5.77. The predicted octanol–water partition coefficient (Wildman–Crippen LogP) is 0.864. The Morgan fingerprint density at radius 3 is 2.85 bits per heavy atom. The van der Waals surface area contributed by atoms with Crippen LogP contribution >= 0.6 is 0 Å². The van der Waals surface area contributed by atoms with E-state index in [1.165, 1.54) is 18.2 Å². The van der Waals surface area contributed by atoms with E-state index in [0.29, 0.717) is 13.2 Å². The van der Waals surface area contributed by atoms with Crippen LogP contribution in [0.2, 0.25) is 0 Å². The van der Waals surface area contributed by atoms with Gasteiger partial charge < -0.3 is 20.1 Å². The van der Waals surface area contributed by atoms with Crippen LogP contribution < -0.4 is 5.73 Å². The molecule has 2 N–H and O–H groups in total. The molecule has 5 nitrogen and oxygen atoms in total. The Bertz CT molecular complexity index is 476. The Morgan fingerprint density at radius 1 is 1.35 bits per heavy atom. The van der Waals surface area contributed by atoms with E-state index in [2.05, 4.69) is 18.2 Å². The third kappa shape index (κ3) is 3.36. The van der Waals surface area contributed by atoms with E-state index >= 15 is 0 Å². The van der Waals surface area contributed by atoms with Crippen LogP contribution in [0.4, 0.5) is 0 Å². The van der Waals surface area contributed by atoms with Crippen molar-refractivity contribution in [2.24, 2.45) is 5.73 Å². The molecule has 1 aliphatic heterocycles. The second kappa shape index (κ2) is 6.83. The van der Waals surface area contributed by atoms with Crippen molar-refractivity contribution in [3.05, 3.63) is 34.9 Å². The minimum absolute atomic E-state index is 0.0322. The molecule has 0 saturated heterocycles. The molecule has 0 bridgehead atoms. The fourth-order valence-corrected chi connectivity index (χ4v) is 2.51. The Labute approximate surface area is 119 Å². The first-order valence-corrected chi connectivity index (χ1v) is 6.78. The molecule has 0 aliphatic carbocycles. The number of carbonyl (C=O) groups is 1. The molecular weight excluding hydrogens is 256 g/mol. The highest BCUT2D eigenvalue weighted by Gasteiger charge is 2.21. The van der Waals surface area contributed by atoms with E-state index in [1.807, 2.05) is 4.90 Å². The van der Waals surface area contributed by atoms with Crippen molar-refractivity contribution in [1.29, 1.82) is 0 Å². The number of hydrogen-bond acceptors (Lipinski definition) is 4. The average Bonchev–Trinajstić information content (AvgIpc) is 2.46. The molecule has 1 unspecified atom stereocenters. The number of hydrogen-bond donors (Lipinski definition) is 1. The van der Waals surface area contributed by atoms with Crippen LogP contribution in [0.1, 0.15) is 22.7 Å². The molecule has 0 saturated carbocycles. The molecule has 0 fully saturated rings. The molecule has 1 amide bonds. The highest BCUT2D eigenvalue weighted by Crippen LogP contribution is 2.23. The summed E-state index contributed by atoms with van der Waals surface area (Å²) in [5.41, 5.74) is 9.57. The minimum Gasteiger partial charge on any atom is -0.383 e. The van der Waals surface area contributed by atoms with Crippen LogP contribution in [0.5, 0.6) is 0 Å². The van der Waals surface area contributed by atoms with E-state index in [0.717, 1.165) is 18.5 Å². The van der Waals surface area contributed by atoms with Gasteiger partial charge >= 0.3 is 0 Å². The van der Waals surface area contributed by atoms with Gasteiger partial charge in [-0.3, -0.25) is 4.79 Å². The second-order valence-corrected chi connectivity index (χ2v) is 5.09. The number of methoxy groups -OCH3 is 2. The third-order valence-corrected chi connectivity index (χ3v) is 3.64. The third-order valence-electron chi connectivity index (χ3n) is 3.64. The smallest absolute Gasteiger partial charge is 0.248 e. The van der Waals surface area contributed by atoms with E-state index in [1.54, 1.807) is 7.11 Å². The van der Waals surface area contributed by atoms with Gasteiger partial charge in [0.2, 0.25) is 5.91 Å². The summed E-state index contributed by atoms with van der Waals surface area (Å²) in [6, 6.07) is 6.12. The number of fused-ring (bicyclic) bond motifs is 1. The molecule has 1 aliphatic rings. The Morgan fingerprint density at radius 2 is 2.15 bits per heavy atom. The zero-order valence-electron chi connectivity index (χ0n) is 12.1. The Hall–Kier alpha value is -1.43. The number of amides is 1. The summed E-state index contributed by atoms with van der Waals surface area (Å²) in [5.74, 6) is 0.0322. The van der Waals surface area contributed by atoms with Crippen molar-refractivity contribution in [3.63, 3.8) is 0 Å². The van der Waals surface area contributed by atoms with Gasteiger partial charge in [0, 0.05) is 27.3 Å². The first-order chi connectivity index (χ1) is 9.65. The number of benzene rings is 1. The molecule has 1 atom stereocenters. The summed E-state index contributed by atoms with van der Waals surface area (Å²) in [6.07, 6.45) is 0.880. The molecule has 1 aromatic carbocycles. The van der Waals surface area contributed by atoms with Crippen molar-refractivity contribution in [3.8, 4) is 0 Å². The van der Waals surface area contributed by atoms with Gasteiger partial charge in [-0.05, 0) is 23.1 Å². The molecule has 0 spiro atoms. The van der Waals surface area contributed by atoms with Gasteiger partial charge in [-0.1, -0.05) is 18.2 Å². The van der Waals surface area contributed by atoms with Gasteiger partial charge in [0.05, 0.1) is 12.6 Å². The van der Waals surface area contributed by atoms with Crippen LogP contribution in [0.25, 0.3) is 0 Å². The lowest BCUT2D eigenvalue weighted by atomic mass is 9.95. The van der Waals surface area contributed by atoms with Gasteiger partial charge in [-0.2, -0.15) is 0 Å². The van der Waals surface area contributed by atoms with Gasteiger partial charge in [-0.25, -0.2) is 0 Å². The molecule has 20 heavy (non-hydrogen) atoms. The molecule has 2 rings (SSSR count). The summed E-state index contributed by atoms with van der Waals surface area (Å²) in [4.78, 5) is 13.7. The van der Waals surface area contributed by atoms with Crippen LogP contribution in [0, 0.1) is 0 Å². The summed E-state index contributed by atoms with van der Waals surface area (Å²) >= 11 is 0. The predicted molar refractivity (Wildman–Crippen MR) is 76.2 cm³/mol. The fraction of sp³-hybridized carbons (Fsp3) is 0.533. The lowest BCUT2D eigenvalue weighted by Gasteiger charge is -2.29. The molecule has 0 radical (unpaired) electrons. The summed E-state index contributed by atoms with van der Waals surface area (Å²) in [6.45, 7) is 2.01. The van der Waals surface area contributed by atoms with Gasteiger partial charge in [0.15, 0.2) is 0 Å². The SMILES string of the molecule is COCC(=O)N1CCc2ccc(C(N)COC)cc2C1. The Balaban J connectivity index is 2.13. The van der Waals surface area contributed by atoms with Crippen molar-refractivity contribution >= 4 is 5.91 Å². The summed E-state index contributed by atoms with van der Waals surface area (Å²) in [5, 5.41) is 0. The van der Waals surface area contributed by atoms with Crippen molar-refractivity contribution in [2.45, 2.75) is 19.0 Å². The lowest BCUT2D eigenvalue weighted by molar-refractivity contribution is -0.136. The number of carbonyl (C=O) groups excluding carboxylic acids is 1. The fourth-order valence-electron chi connectivity index (χ4n) is 2.51. The lowest BCUT2D eigenvalue weighted by Crippen LogP contribution is -2.38. The summed E-state index contributed by atoms with van der Waals surface area (Å²) < 4.78 is 10.00. The number of ether oxygens (including phenoxy) is 2. The number of nitrogens with two attached hydrogens (primary N) is 1. The number of rotatable bonds is 5. The largest absolute Gasteiger partial charge is 0.383 e. The summed E-state index contributed by atoms with van der Waals surface area (Å²) in [7, 11) is 3.18. The standard InChI is InChI=1S/C15H22N2O3/c1-19-9-14(16)12-4-3-11-5-6-17(8-13(11)7-12)15(18)10-20-2/h3-4,7,14H,5-6,8-10,16H2,1-2H3. The normalized spacial score (nSPS) is 15.8. The van der Waals surface area contributed by atoms with Crippen LogP contribution in [-0.2, 0) is 27.2 Å². The monoisotopic (exact) mass is 278 g/mol. The second-order valence-electron chi connectivity index (χ2n) is 5.09. The molecule has 110 valence electrons.